The normalized spacial score (nSPS) is 9.50. The monoisotopic (exact) mass is 807 g/mol. The molecule has 0 saturated heterocycles. The van der Waals surface area contributed by atoms with Crippen LogP contribution in [0.4, 0.5) is 0 Å². The molecule has 0 radical (unpaired) electrons. The van der Waals surface area contributed by atoms with Crippen LogP contribution in [0.1, 0.15) is 48.5 Å². The molecule has 0 fully saturated rings. The quantitative estimate of drug-likeness (QED) is 0.314. The first kappa shape index (κ1) is 47.4. The molecule has 3 atom stereocenters. The third-order valence-corrected chi connectivity index (χ3v) is 16.0. The van der Waals surface area contributed by atoms with Crippen molar-refractivity contribution in [2.75, 3.05) is 0 Å². The molecule has 0 N–H and O–H groups in total. The maximum atomic E-state index is 2.23. The fourth-order valence-electron chi connectivity index (χ4n) is 1.82. The van der Waals surface area contributed by atoms with Crippen molar-refractivity contribution in [1.29, 1.82) is 0 Å². The van der Waals surface area contributed by atoms with Crippen molar-refractivity contribution in [1.82, 2.24) is 0 Å². The van der Waals surface area contributed by atoms with E-state index < -0.39 is 0 Å². The summed E-state index contributed by atoms with van der Waals surface area (Å²) in [5, 5.41) is 9.51. The average molecular weight is 812 g/mol. The van der Waals surface area contributed by atoms with Gasteiger partial charge in [-0.25, -0.2) is 0 Å². The number of hydrogen-bond acceptors (Lipinski definition) is 0. The summed E-state index contributed by atoms with van der Waals surface area (Å²) < 4.78 is 0. The van der Waals surface area contributed by atoms with E-state index in [1.807, 2.05) is 0 Å². The molecule has 0 spiro atoms. The van der Waals surface area contributed by atoms with E-state index in [9.17, 15) is 0 Å². The molecule has 0 aliphatic carbocycles. The van der Waals surface area contributed by atoms with Crippen LogP contribution in [0.15, 0.2) is 0 Å². The van der Waals surface area contributed by atoms with E-state index in [-0.39, 0.29) is 116 Å². The van der Waals surface area contributed by atoms with Crippen molar-refractivity contribution >= 4 is 47.2 Å². The average Bonchev–Trinajstić information content (AvgIpc) is 3.13. The van der Waals surface area contributed by atoms with Gasteiger partial charge in [-0.1, -0.05) is 23.6 Å². The maximum Gasteiger partial charge on any atom is 0 e. The van der Waals surface area contributed by atoms with Gasteiger partial charge in [0, 0.05) is 78.6 Å². The molecule has 0 aromatic carbocycles. The predicted octanol–water partition coefficient (Wildman–Crippen LogP) is 0.674. The first-order chi connectivity index (χ1) is 11.1. The second-order valence-corrected chi connectivity index (χ2v) is 15.8. The summed E-state index contributed by atoms with van der Waals surface area (Å²) in [5.41, 5.74) is 4.64. The molecule has 0 saturated carbocycles. The van der Waals surface area contributed by atoms with E-state index in [1.165, 1.54) is 0 Å². The largest absolute Gasteiger partial charge is 1.00 e. The van der Waals surface area contributed by atoms with Crippen LogP contribution in [-0.2, 0) is 78.6 Å². The molecular formula is C18H30Cl3P6Zr3-3. The molecule has 3 aromatic heterocycles. The number of halogens is 3. The topological polar surface area (TPSA) is 0 Å². The Hall–Kier alpha value is 4.15. The van der Waals surface area contributed by atoms with Crippen molar-refractivity contribution in [3.8, 4) is 0 Å². The van der Waals surface area contributed by atoms with Gasteiger partial charge in [0.05, 0.1) is 0 Å². The first-order valence-electron chi connectivity index (χ1n) is 8.09. The molecule has 3 heterocycles. The zero-order chi connectivity index (χ0) is 18.4. The molecule has 0 aliphatic rings. The van der Waals surface area contributed by atoms with Crippen molar-refractivity contribution < 1.29 is 116 Å². The summed E-state index contributed by atoms with van der Waals surface area (Å²) >= 11 is 0. The number of aryl methyl sites for hydroxylation is 6. The molecule has 0 nitrogen and oxygen atoms in total. The Morgan fingerprint density at radius 3 is 0.600 bits per heavy atom. The smallest absolute Gasteiger partial charge is 0 e. The van der Waals surface area contributed by atoms with Crippen LogP contribution in [-0.4, -0.2) is 0 Å². The molecule has 0 aliphatic heterocycles. The van der Waals surface area contributed by atoms with E-state index >= 15 is 0 Å². The Labute approximate surface area is 270 Å². The second-order valence-electron chi connectivity index (χ2n) is 6.18. The summed E-state index contributed by atoms with van der Waals surface area (Å²) in [6.45, 7) is 20.0. The molecule has 3 unspecified atom stereocenters. The minimum Gasteiger partial charge on any atom is -1.00 e. The van der Waals surface area contributed by atoms with E-state index in [2.05, 4.69) is 62.3 Å². The van der Waals surface area contributed by atoms with Crippen LogP contribution in [0.5, 0.6) is 0 Å². The van der Waals surface area contributed by atoms with Gasteiger partial charge in [-0.3, -0.25) is 0 Å². The van der Waals surface area contributed by atoms with Gasteiger partial charge in [-0.15, -0.1) is 23.6 Å². The van der Waals surface area contributed by atoms with Gasteiger partial charge in [0.2, 0.25) is 0 Å². The minimum atomic E-state index is 0. The standard InChI is InChI=1S/3C6H10P2.3ClH.3Zr/c3*1-4-5(2)7-8-6(4)3;;;;;;/h3*7H,1-3H3;3*1H;;;/p-3. The van der Waals surface area contributed by atoms with E-state index in [0.29, 0.717) is 0 Å². The molecule has 3 aromatic rings. The Morgan fingerprint density at radius 2 is 0.567 bits per heavy atom. The van der Waals surface area contributed by atoms with Crippen molar-refractivity contribution in [2.24, 2.45) is 0 Å². The van der Waals surface area contributed by atoms with Crippen LogP contribution in [0.2, 0.25) is 0 Å². The molecular weight excluding hydrogens is 782 g/mol. The van der Waals surface area contributed by atoms with Gasteiger partial charge in [0.1, 0.15) is 0 Å². The van der Waals surface area contributed by atoms with Crippen molar-refractivity contribution in [3.05, 3.63) is 48.5 Å². The van der Waals surface area contributed by atoms with Crippen LogP contribution < -0.4 is 37.2 Å². The van der Waals surface area contributed by atoms with Gasteiger partial charge >= 0.3 is 0 Å². The molecule has 0 bridgehead atoms. The van der Waals surface area contributed by atoms with E-state index in [1.54, 1.807) is 72.1 Å². The zero-order valence-electron chi connectivity index (χ0n) is 19.0. The maximum absolute atomic E-state index is 2.23. The minimum absolute atomic E-state index is 0. The van der Waals surface area contributed by atoms with Crippen LogP contribution in [0.3, 0.4) is 0 Å². The molecule has 0 amide bonds. The molecule has 12 heteroatoms. The van der Waals surface area contributed by atoms with E-state index in [4.69, 9.17) is 0 Å². The summed E-state index contributed by atoms with van der Waals surface area (Å²) in [6.07, 6.45) is 0. The Balaban J connectivity index is -0.0000000655. The van der Waals surface area contributed by atoms with Gasteiger partial charge in [0.25, 0.3) is 0 Å². The number of hydrogen-bond donors (Lipinski definition) is 0. The van der Waals surface area contributed by atoms with Gasteiger partial charge in [-0.05, 0) is 111 Å². The summed E-state index contributed by atoms with van der Waals surface area (Å²) in [7, 11) is 7.82. The zero-order valence-corrected chi connectivity index (χ0v) is 34.3. The van der Waals surface area contributed by atoms with Crippen molar-refractivity contribution in [3.63, 3.8) is 0 Å². The van der Waals surface area contributed by atoms with Gasteiger partial charge in [-0.2, -0.15) is 0 Å². The Bertz CT molecular complexity index is 640. The van der Waals surface area contributed by atoms with Crippen molar-refractivity contribution in [2.45, 2.75) is 62.3 Å². The van der Waals surface area contributed by atoms with Gasteiger partial charge in [0.15, 0.2) is 0 Å². The second kappa shape index (κ2) is 24.8. The number of rotatable bonds is 0. The molecule has 30 heavy (non-hydrogen) atoms. The SMILES string of the molecule is Cc1p[pH]c(C)c1C.Cc1p[pH]c(C)c1C.Cc1p[pH]c(C)c1C.[Cl-].[Cl-].[Cl-].[Zr].[Zr].[Zr]. The fraction of sp³-hybridized carbons (Fsp3) is 0.500. The van der Waals surface area contributed by atoms with Crippen LogP contribution in [0, 0.1) is 62.3 Å². The summed E-state index contributed by atoms with van der Waals surface area (Å²) in [4.78, 5) is 0. The predicted molar refractivity (Wildman–Crippen MR) is 128 cm³/mol. The van der Waals surface area contributed by atoms with Crippen LogP contribution in [0.25, 0.3) is 0 Å². The Morgan fingerprint density at radius 1 is 0.400 bits per heavy atom. The summed E-state index contributed by atoms with van der Waals surface area (Å²) in [5.74, 6) is 0. The summed E-state index contributed by atoms with van der Waals surface area (Å²) in [6, 6.07) is 0. The van der Waals surface area contributed by atoms with Crippen LogP contribution >= 0.6 is 47.2 Å². The van der Waals surface area contributed by atoms with E-state index in [0.717, 1.165) is 23.6 Å². The Kier molecular flexibility index (Phi) is 39.2. The third-order valence-electron chi connectivity index (χ3n) is 4.49. The fourth-order valence-corrected chi connectivity index (χ4v) is 11.3. The first-order valence-corrected chi connectivity index (χ1v) is 16.3. The van der Waals surface area contributed by atoms with Gasteiger partial charge < -0.3 is 37.2 Å². The molecule has 168 valence electrons. The molecule has 3 rings (SSSR count). The third kappa shape index (κ3) is 16.8.